The van der Waals surface area contributed by atoms with E-state index in [0.717, 1.165) is 0 Å². The topological polar surface area (TPSA) is 0 Å². The largest absolute Gasteiger partial charge is 0.0788 e. The molecule has 1 aromatic carbocycles. The Balaban J connectivity index is 2.22. The van der Waals surface area contributed by atoms with Crippen LogP contribution in [0.3, 0.4) is 0 Å². The second-order valence-corrected chi connectivity index (χ2v) is 57.0. The third kappa shape index (κ3) is 1.36. The fraction of sp³-hybridized carbons (Fsp3) is 0.667. The summed E-state index contributed by atoms with van der Waals surface area (Å²) >= 11 is 0. The molecule has 0 bridgehead atoms. The summed E-state index contributed by atoms with van der Waals surface area (Å²) in [6.45, 7) is 32.8. The van der Waals surface area contributed by atoms with Crippen LogP contribution in [0.25, 0.3) is 0 Å². The highest BCUT2D eigenvalue weighted by Gasteiger charge is 2.71. The van der Waals surface area contributed by atoms with Crippen molar-refractivity contribution in [3.05, 3.63) is 0 Å². The zero-order valence-corrected chi connectivity index (χ0v) is 24.0. The second-order valence-electron chi connectivity index (χ2n) is 12.0. The van der Waals surface area contributed by atoms with E-state index < -0.39 is 45.5 Å². The van der Waals surface area contributed by atoms with Crippen LogP contribution >= 0.6 is 0 Å². The molecule has 0 aliphatic carbocycles. The molecule has 0 nitrogen and oxygen atoms in total. The maximum Gasteiger partial charge on any atom is 0.0788 e. The molecule has 0 atom stereocenters. The third-order valence-electron chi connectivity index (χ3n) is 9.94. The maximum atomic E-state index is 2.74. The average Bonchev–Trinajstić information content (AvgIpc) is 2.43. The van der Waals surface area contributed by atoms with Gasteiger partial charge >= 0.3 is 0 Å². The van der Waals surface area contributed by atoms with Crippen LogP contribution in [0.2, 0.25) is 78.6 Å². The molecule has 3 heterocycles. The molecule has 0 unspecified atom stereocenters. The number of rotatable bonds is 0. The van der Waals surface area contributed by atoms with Gasteiger partial charge in [-0.1, -0.05) is 110 Å². The van der Waals surface area contributed by atoms with Crippen LogP contribution in [0.4, 0.5) is 0 Å². The van der Waals surface area contributed by atoms with Gasteiger partial charge in [0, 0.05) is 0 Å². The molecule has 0 fully saturated rings. The molecule has 3 aliphatic heterocycles. The van der Waals surface area contributed by atoms with Crippen molar-refractivity contribution < 1.29 is 0 Å². The lowest BCUT2D eigenvalue weighted by molar-refractivity contribution is 1.62. The Kier molecular flexibility index (Phi) is 3.00. The molecule has 0 radical (unpaired) electrons. The number of hydrogen-bond donors (Lipinski definition) is 0. The van der Waals surface area contributed by atoms with Gasteiger partial charge < -0.3 is 0 Å². The summed E-state index contributed by atoms with van der Waals surface area (Å²) in [4.78, 5) is 0. The van der Waals surface area contributed by atoms with E-state index in [1.807, 2.05) is 0 Å². The summed E-state index contributed by atoms with van der Waals surface area (Å²) in [6, 6.07) is 0. The minimum Gasteiger partial charge on any atom is -0.0671 e. The van der Waals surface area contributed by atoms with Gasteiger partial charge in [0.1, 0.15) is 0 Å². The molecule has 0 aromatic heterocycles. The van der Waals surface area contributed by atoms with Gasteiger partial charge in [-0.05, 0) is 0 Å². The summed E-state index contributed by atoms with van der Waals surface area (Å²) in [5, 5.41) is 12.3. The number of benzene rings is 1. The third-order valence-corrected chi connectivity index (χ3v) is 63.9. The van der Waals surface area contributed by atoms with Crippen LogP contribution in [0, 0.1) is 0 Å². The summed E-state index contributed by atoms with van der Waals surface area (Å²) in [5.41, 5.74) is 0. The normalized spacial score (nSPS) is 30.0. The molecule has 0 spiro atoms. The predicted octanol–water partition coefficient (Wildman–Crippen LogP) is 1.46. The molecule has 0 saturated carbocycles. The van der Waals surface area contributed by atoms with Crippen molar-refractivity contribution in [3.8, 4) is 0 Å². The van der Waals surface area contributed by atoms with Gasteiger partial charge in [0.25, 0.3) is 0 Å². The van der Waals surface area contributed by atoms with Gasteiger partial charge in [-0.3, -0.25) is 0 Å². The van der Waals surface area contributed by atoms with Crippen molar-refractivity contribution in [1.82, 2.24) is 0 Å². The second kappa shape index (κ2) is 4.01. The monoisotopic (exact) mass is 420 g/mol. The van der Waals surface area contributed by atoms with Crippen LogP contribution < -0.4 is 31.1 Å². The first-order chi connectivity index (χ1) is 10.5. The molecule has 1 aromatic rings. The zero-order chi connectivity index (χ0) is 18.5. The van der Waals surface area contributed by atoms with Crippen molar-refractivity contribution in [2.75, 3.05) is 0 Å². The molecule has 4 rings (SSSR count). The molecular formula is C18H36Si6. The lowest BCUT2D eigenvalue weighted by Gasteiger charge is -2.69. The maximum absolute atomic E-state index is 2.74. The molecule has 132 valence electrons. The van der Waals surface area contributed by atoms with Gasteiger partial charge in [0.05, 0.1) is 45.5 Å². The Morgan fingerprint density at radius 3 is 0.417 bits per heavy atom. The highest BCUT2D eigenvalue weighted by molar-refractivity contribution is 7.67. The van der Waals surface area contributed by atoms with Crippen LogP contribution in [-0.4, -0.2) is 45.5 Å². The molecule has 24 heavy (non-hydrogen) atoms. The Hall–Kier alpha value is 0.521. The number of fused-ring (bicyclic) bond motifs is 6. The van der Waals surface area contributed by atoms with E-state index >= 15 is 0 Å². The van der Waals surface area contributed by atoms with E-state index in [0.29, 0.717) is 0 Å². The molecule has 6 heteroatoms. The average molecular weight is 421 g/mol. The molecular weight excluding hydrogens is 385 g/mol. The highest BCUT2D eigenvalue weighted by atomic mass is 29.3. The summed E-state index contributed by atoms with van der Waals surface area (Å²) < 4.78 is 0. The molecule has 0 N–H and O–H groups in total. The van der Waals surface area contributed by atoms with Crippen molar-refractivity contribution in [2.45, 2.75) is 78.6 Å². The predicted molar refractivity (Wildman–Crippen MR) is 129 cm³/mol. The number of hydrogen-bond acceptors (Lipinski definition) is 0. The van der Waals surface area contributed by atoms with E-state index in [2.05, 4.69) is 110 Å². The first-order valence-electron chi connectivity index (χ1n) is 9.75. The van der Waals surface area contributed by atoms with Crippen LogP contribution in [0.1, 0.15) is 0 Å². The van der Waals surface area contributed by atoms with E-state index in [9.17, 15) is 0 Å². The van der Waals surface area contributed by atoms with E-state index in [1.54, 1.807) is 0 Å². The van der Waals surface area contributed by atoms with Gasteiger partial charge in [-0.25, -0.2) is 0 Å². The van der Waals surface area contributed by atoms with Crippen molar-refractivity contribution in [2.24, 2.45) is 0 Å². The fourth-order valence-electron chi connectivity index (χ4n) is 6.19. The van der Waals surface area contributed by atoms with Crippen LogP contribution in [0.5, 0.6) is 0 Å². The smallest absolute Gasteiger partial charge is 0.0671 e. The molecule has 0 amide bonds. The minimum atomic E-state index is -1.17. The Morgan fingerprint density at radius 1 is 0.250 bits per heavy atom. The van der Waals surface area contributed by atoms with E-state index in [4.69, 9.17) is 0 Å². The molecule has 0 saturated heterocycles. The zero-order valence-electron chi connectivity index (χ0n) is 18.0. The van der Waals surface area contributed by atoms with Crippen molar-refractivity contribution >= 4 is 76.7 Å². The Morgan fingerprint density at radius 2 is 0.333 bits per heavy atom. The fourth-order valence-corrected chi connectivity index (χ4v) is 46.3. The highest BCUT2D eigenvalue weighted by Crippen LogP contribution is 2.37. The minimum absolute atomic E-state index is 1.17. The summed E-state index contributed by atoms with van der Waals surface area (Å²) in [6.07, 6.45) is 0. The quantitative estimate of drug-likeness (QED) is 0.557. The Bertz CT molecular complexity index is 628. The van der Waals surface area contributed by atoms with Crippen molar-refractivity contribution in [1.29, 1.82) is 0 Å². The first kappa shape index (κ1) is 17.9. The summed E-state index contributed by atoms with van der Waals surface area (Å²) in [7, 11) is -7.02. The van der Waals surface area contributed by atoms with E-state index in [1.165, 1.54) is 0 Å². The van der Waals surface area contributed by atoms with E-state index in [-0.39, 0.29) is 0 Å². The van der Waals surface area contributed by atoms with Gasteiger partial charge in [-0.2, -0.15) is 0 Å². The van der Waals surface area contributed by atoms with Gasteiger partial charge in [0.15, 0.2) is 0 Å². The first-order valence-corrected chi connectivity index (χ1v) is 30.8. The van der Waals surface area contributed by atoms with Gasteiger partial charge in [0.2, 0.25) is 0 Å². The summed E-state index contributed by atoms with van der Waals surface area (Å²) in [5.74, 6) is 0. The lowest BCUT2D eigenvalue weighted by atomic mass is 10.3. The SMILES string of the molecule is C[Si]1(C)c2c3c(c4c(c2[Si]1(C)C)[Si](C)(C)[Si]4(C)C)[Si](C)(C)[Si]3(C)C. The van der Waals surface area contributed by atoms with Crippen LogP contribution in [0.15, 0.2) is 0 Å². The van der Waals surface area contributed by atoms with Crippen LogP contribution in [-0.2, 0) is 0 Å². The standard InChI is InChI=1S/C18H36Si6/c1-19(2)13-14(20(19,3)4)16-18(24(11,12)22(16,7)8)17-15(13)21(5,6)23(17,9)10/h1-12H3. The van der Waals surface area contributed by atoms with Gasteiger partial charge in [-0.15, -0.1) is 0 Å². The Labute approximate surface area is 154 Å². The lowest BCUT2D eigenvalue weighted by Crippen LogP contribution is -3.08. The van der Waals surface area contributed by atoms with Crippen molar-refractivity contribution in [3.63, 3.8) is 0 Å². The molecule has 3 aliphatic rings.